The molecule has 0 aliphatic rings. The molecule has 0 heterocycles. The number of carbonyl (C=O) groups is 1. The number of hydrogen-bond donors (Lipinski definition) is 1. The molecule has 0 saturated carbocycles. The van der Waals surface area contributed by atoms with Gasteiger partial charge >= 0.3 is 6.03 Å². The van der Waals surface area contributed by atoms with Gasteiger partial charge in [-0.25, -0.2) is 4.79 Å². The van der Waals surface area contributed by atoms with E-state index in [-0.39, 0.29) is 6.03 Å². The third kappa shape index (κ3) is 4.19. The first-order chi connectivity index (χ1) is 5.22. The van der Waals surface area contributed by atoms with Gasteiger partial charge in [-0.05, 0) is 0 Å². The van der Waals surface area contributed by atoms with Gasteiger partial charge in [0.15, 0.2) is 0 Å². The van der Waals surface area contributed by atoms with Gasteiger partial charge in [0.2, 0.25) is 0 Å². The summed E-state index contributed by atoms with van der Waals surface area (Å²) in [6.07, 6.45) is 3.31. The molecule has 0 aliphatic carbocycles. The number of carbonyl (C=O) groups excluding carboxylic acids is 1. The lowest BCUT2D eigenvalue weighted by Gasteiger charge is -2.14. The molecule has 0 fully saturated rings. The van der Waals surface area contributed by atoms with Crippen LogP contribution in [0.25, 0.3) is 0 Å². The lowest BCUT2D eigenvalue weighted by molar-refractivity contribution is 0.214. The summed E-state index contributed by atoms with van der Waals surface area (Å²) in [7, 11) is 1.71. The predicted octanol–water partition coefficient (Wildman–Crippen LogP) is 1.000. The summed E-state index contributed by atoms with van der Waals surface area (Å²) in [5.41, 5.74) is 0. The van der Waals surface area contributed by atoms with Gasteiger partial charge in [0.05, 0.1) is 0 Å². The van der Waals surface area contributed by atoms with E-state index in [1.54, 1.807) is 19.2 Å². The van der Waals surface area contributed by atoms with E-state index in [1.807, 2.05) is 0 Å². The highest BCUT2D eigenvalue weighted by Crippen LogP contribution is 1.82. The Morgan fingerprint density at radius 3 is 2.64 bits per heavy atom. The first-order valence-corrected chi connectivity index (χ1v) is 3.43. The second-order valence-electron chi connectivity index (χ2n) is 2.14. The maximum Gasteiger partial charge on any atom is 0.317 e. The summed E-state index contributed by atoms with van der Waals surface area (Å²) in [5, 5.41) is 2.64. The first-order valence-electron chi connectivity index (χ1n) is 3.43. The number of rotatable bonds is 4. The Labute approximate surface area is 67.4 Å². The highest BCUT2D eigenvalue weighted by atomic mass is 16.2. The SMILES string of the molecule is C=CCNC(=O)N(C)CC=C. The van der Waals surface area contributed by atoms with E-state index in [2.05, 4.69) is 18.5 Å². The van der Waals surface area contributed by atoms with Crippen LogP contribution in [0.15, 0.2) is 25.3 Å². The summed E-state index contributed by atoms with van der Waals surface area (Å²) >= 11 is 0. The van der Waals surface area contributed by atoms with Crippen LogP contribution in [0.2, 0.25) is 0 Å². The van der Waals surface area contributed by atoms with Crippen molar-refractivity contribution in [1.29, 1.82) is 0 Å². The number of hydrogen-bond acceptors (Lipinski definition) is 1. The van der Waals surface area contributed by atoms with Crippen molar-refractivity contribution in [3.63, 3.8) is 0 Å². The van der Waals surface area contributed by atoms with E-state index >= 15 is 0 Å². The molecule has 0 saturated heterocycles. The molecule has 0 atom stereocenters. The molecule has 1 N–H and O–H groups in total. The molecule has 2 amide bonds. The van der Waals surface area contributed by atoms with Gasteiger partial charge < -0.3 is 10.2 Å². The van der Waals surface area contributed by atoms with E-state index in [4.69, 9.17) is 0 Å². The average Bonchev–Trinajstić information content (AvgIpc) is 2.00. The quantitative estimate of drug-likeness (QED) is 0.602. The lowest BCUT2D eigenvalue weighted by Crippen LogP contribution is -2.37. The topological polar surface area (TPSA) is 32.3 Å². The van der Waals surface area contributed by atoms with E-state index in [0.29, 0.717) is 13.1 Å². The standard InChI is InChI=1S/C8H14N2O/c1-4-6-9-8(11)10(3)7-5-2/h4-5H,1-2,6-7H2,3H3,(H,9,11). The Morgan fingerprint density at radius 2 is 2.18 bits per heavy atom. The number of nitrogens with zero attached hydrogens (tertiary/aromatic N) is 1. The Balaban J connectivity index is 3.62. The normalized spacial score (nSPS) is 8.45. The van der Waals surface area contributed by atoms with Crippen molar-refractivity contribution in [3.8, 4) is 0 Å². The predicted molar refractivity (Wildman–Crippen MR) is 46.4 cm³/mol. The monoisotopic (exact) mass is 154 g/mol. The average molecular weight is 154 g/mol. The van der Waals surface area contributed by atoms with Crippen LogP contribution in [0.1, 0.15) is 0 Å². The molecule has 0 aromatic heterocycles. The number of amides is 2. The molecule has 0 aromatic carbocycles. The number of urea groups is 1. The highest BCUT2D eigenvalue weighted by Gasteiger charge is 2.02. The van der Waals surface area contributed by atoms with Gasteiger partial charge in [-0.3, -0.25) is 0 Å². The van der Waals surface area contributed by atoms with Crippen molar-refractivity contribution in [2.24, 2.45) is 0 Å². The fourth-order valence-corrected chi connectivity index (χ4v) is 0.571. The highest BCUT2D eigenvalue weighted by molar-refractivity contribution is 5.74. The molecule has 0 bridgehead atoms. The third-order valence-electron chi connectivity index (χ3n) is 1.15. The van der Waals surface area contributed by atoms with Gasteiger partial charge in [-0.1, -0.05) is 12.2 Å². The van der Waals surface area contributed by atoms with Crippen molar-refractivity contribution in [2.45, 2.75) is 0 Å². The van der Waals surface area contributed by atoms with Gasteiger partial charge in [0.25, 0.3) is 0 Å². The largest absolute Gasteiger partial charge is 0.335 e. The molecule has 0 unspecified atom stereocenters. The fourth-order valence-electron chi connectivity index (χ4n) is 0.571. The van der Waals surface area contributed by atoms with Gasteiger partial charge in [-0.15, -0.1) is 13.2 Å². The van der Waals surface area contributed by atoms with Crippen molar-refractivity contribution >= 4 is 6.03 Å². The molecule has 62 valence electrons. The van der Waals surface area contributed by atoms with Crippen LogP contribution in [0.3, 0.4) is 0 Å². The van der Waals surface area contributed by atoms with Crippen LogP contribution in [-0.2, 0) is 0 Å². The van der Waals surface area contributed by atoms with Crippen LogP contribution >= 0.6 is 0 Å². The summed E-state index contributed by atoms with van der Waals surface area (Å²) in [6, 6.07) is -0.107. The van der Waals surface area contributed by atoms with Crippen molar-refractivity contribution in [1.82, 2.24) is 10.2 Å². The smallest absolute Gasteiger partial charge is 0.317 e. The molecular weight excluding hydrogens is 140 g/mol. The zero-order valence-electron chi connectivity index (χ0n) is 6.84. The number of likely N-dealkylation sites (N-methyl/N-ethyl adjacent to an activating group) is 1. The van der Waals surface area contributed by atoms with Gasteiger partial charge in [-0.2, -0.15) is 0 Å². The van der Waals surface area contributed by atoms with E-state index < -0.39 is 0 Å². The van der Waals surface area contributed by atoms with Gasteiger partial charge in [0.1, 0.15) is 0 Å². The van der Waals surface area contributed by atoms with Crippen LogP contribution < -0.4 is 5.32 Å². The molecule has 0 aromatic rings. The van der Waals surface area contributed by atoms with Crippen molar-refractivity contribution in [3.05, 3.63) is 25.3 Å². The van der Waals surface area contributed by atoms with Crippen molar-refractivity contribution < 1.29 is 4.79 Å². The number of nitrogens with one attached hydrogen (secondary N) is 1. The lowest BCUT2D eigenvalue weighted by atomic mass is 10.5. The van der Waals surface area contributed by atoms with Crippen LogP contribution in [-0.4, -0.2) is 31.1 Å². The summed E-state index contributed by atoms with van der Waals surface area (Å²) in [6.45, 7) is 8.06. The van der Waals surface area contributed by atoms with Crippen LogP contribution in [0.4, 0.5) is 4.79 Å². The van der Waals surface area contributed by atoms with E-state index in [0.717, 1.165) is 0 Å². The van der Waals surface area contributed by atoms with E-state index in [1.165, 1.54) is 4.90 Å². The molecule has 0 rings (SSSR count). The minimum atomic E-state index is -0.107. The summed E-state index contributed by atoms with van der Waals surface area (Å²) < 4.78 is 0. The Kier molecular flexibility index (Phi) is 4.90. The second-order valence-corrected chi connectivity index (χ2v) is 2.14. The Bertz CT molecular complexity index is 154. The molecule has 0 spiro atoms. The molecule has 0 aliphatic heterocycles. The Hall–Kier alpha value is -1.25. The first kappa shape index (κ1) is 9.75. The van der Waals surface area contributed by atoms with Gasteiger partial charge in [0, 0.05) is 20.1 Å². The summed E-state index contributed by atoms with van der Waals surface area (Å²) in [4.78, 5) is 12.5. The van der Waals surface area contributed by atoms with Crippen LogP contribution in [0, 0.1) is 0 Å². The minimum Gasteiger partial charge on any atom is -0.335 e. The van der Waals surface area contributed by atoms with Crippen molar-refractivity contribution in [2.75, 3.05) is 20.1 Å². The zero-order valence-corrected chi connectivity index (χ0v) is 6.84. The second kappa shape index (κ2) is 5.53. The molecule has 0 radical (unpaired) electrons. The zero-order chi connectivity index (χ0) is 8.69. The Morgan fingerprint density at radius 1 is 1.55 bits per heavy atom. The molecule has 11 heavy (non-hydrogen) atoms. The van der Waals surface area contributed by atoms with Crippen LogP contribution in [0.5, 0.6) is 0 Å². The maximum absolute atomic E-state index is 11.0. The third-order valence-corrected chi connectivity index (χ3v) is 1.15. The molecule has 3 heteroatoms. The molecular formula is C8H14N2O. The maximum atomic E-state index is 11.0. The minimum absolute atomic E-state index is 0.107. The molecule has 3 nitrogen and oxygen atoms in total. The van der Waals surface area contributed by atoms with E-state index in [9.17, 15) is 4.79 Å². The fraction of sp³-hybridized carbons (Fsp3) is 0.375. The summed E-state index contributed by atoms with van der Waals surface area (Å²) in [5.74, 6) is 0.